The molecule has 1 aromatic carbocycles. The van der Waals surface area contributed by atoms with Gasteiger partial charge in [-0.25, -0.2) is 0 Å². The molecule has 1 atom stereocenters. The maximum Gasteiger partial charge on any atom is 0.118 e. The molecule has 0 radical (unpaired) electrons. The molecule has 0 saturated heterocycles. The maximum atomic E-state index is 5.19. The molecule has 1 heterocycles. The molecule has 108 valence electrons. The number of aryl methyl sites for hydroxylation is 2. The predicted molar refractivity (Wildman–Crippen MR) is 85.5 cm³/mol. The highest BCUT2D eigenvalue weighted by atomic mass is 79.9. The van der Waals surface area contributed by atoms with Gasteiger partial charge in [0.1, 0.15) is 5.75 Å². The number of methoxy groups -OCH3 is 1. The van der Waals surface area contributed by atoms with Gasteiger partial charge in [0.05, 0.1) is 13.3 Å². The summed E-state index contributed by atoms with van der Waals surface area (Å²) in [5.41, 5.74) is 2.68. The normalized spacial score (nSPS) is 12.3. The Kier molecular flexibility index (Phi) is 5.65. The highest BCUT2D eigenvalue weighted by Crippen LogP contribution is 2.19. The molecule has 4 heteroatoms. The summed E-state index contributed by atoms with van der Waals surface area (Å²) in [6.07, 6.45) is 7.40. The van der Waals surface area contributed by atoms with E-state index in [1.54, 1.807) is 7.11 Å². The fourth-order valence-corrected chi connectivity index (χ4v) is 2.85. The second kappa shape index (κ2) is 7.48. The van der Waals surface area contributed by atoms with E-state index >= 15 is 0 Å². The number of aromatic nitrogens is 2. The number of hydrogen-bond donors (Lipinski definition) is 0. The first-order valence-electron chi connectivity index (χ1n) is 6.87. The Morgan fingerprint density at radius 3 is 2.55 bits per heavy atom. The monoisotopic (exact) mass is 336 g/mol. The number of hydrogen-bond acceptors (Lipinski definition) is 2. The van der Waals surface area contributed by atoms with Crippen molar-refractivity contribution in [3.63, 3.8) is 0 Å². The molecule has 0 bridgehead atoms. The Labute approximate surface area is 129 Å². The van der Waals surface area contributed by atoms with E-state index in [4.69, 9.17) is 4.74 Å². The quantitative estimate of drug-likeness (QED) is 0.722. The van der Waals surface area contributed by atoms with Crippen LogP contribution in [0.5, 0.6) is 5.75 Å². The average Bonchev–Trinajstić information content (AvgIpc) is 2.89. The molecule has 0 aliphatic carbocycles. The van der Waals surface area contributed by atoms with Crippen LogP contribution in [0, 0.1) is 5.92 Å². The topological polar surface area (TPSA) is 27.1 Å². The van der Waals surface area contributed by atoms with Crippen molar-refractivity contribution in [2.75, 3.05) is 12.4 Å². The zero-order chi connectivity index (χ0) is 14.4. The van der Waals surface area contributed by atoms with Gasteiger partial charge in [0, 0.05) is 18.6 Å². The summed E-state index contributed by atoms with van der Waals surface area (Å²) in [6.45, 7) is 0. The van der Waals surface area contributed by atoms with E-state index in [2.05, 4.69) is 39.4 Å². The first-order chi connectivity index (χ1) is 9.71. The van der Waals surface area contributed by atoms with E-state index < -0.39 is 0 Å². The zero-order valence-corrected chi connectivity index (χ0v) is 13.6. The largest absolute Gasteiger partial charge is 0.497 e. The number of nitrogens with zero attached hydrogens (tertiary/aromatic N) is 2. The molecule has 1 aromatic heterocycles. The molecule has 0 saturated carbocycles. The molecule has 0 aliphatic rings. The second-order valence-electron chi connectivity index (χ2n) is 5.13. The standard InChI is InChI=1S/C16H21BrN2O/c1-19-12-15(11-18-19)4-3-14(10-17)9-13-5-7-16(20-2)8-6-13/h5-8,11-12,14H,3-4,9-10H2,1-2H3. The van der Waals surface area contributed by atoms with Crippen LogP contribution < -0.4 is 4.74 Å². The minimum Gasteiger partial charge on any atom is -0.497 e. The van der Waals surface area contributed by atoms with Crippen LogP contribution in [0.2, 0.25) is 0 Å². The minimum atomic E-state index is 0.642. The first kappa shape index (κ1) is 15.1. The lowest BCUT2D eigenvalue weighted by atomic mass is 9.95. The van der Waals surface area contributed by atoms with Crippen LogP contribution in [-0.4, -0.2) is 22.2 Å². The molecule has 0 N–H and O–H groups in total. The van der Waals surface area contributed by atoms with Crippen molar-refractivity contribution in [3.8, 4) is 5.75 Å². The Hall–Kier alpha value is -1.29. The molecule has 0 spiro atoms. The van der Waals surface area contributed by atoms with E-state index in [9.17, 15) is 0 Å². The predicted octanol–water partition coefficient (Wildman–Crippen LogP) is 3.62. The maximum absolute atomic E-state index is 5.19. The average molecular weight is 337 g/mol. The molecular formula is C16H21BrN2O. The number of ether oxygens (including phenoxy) is 1. The van der Waals surface area contributed by atoms with E-state index in [0.717, 1.165) is 23.9 Å². The number of rotatable bonds is 7. The van der Waals surface area contributed by atoms with Gasteiger partial charge in [-0.3, -0.25) is 4.68 Å². The van der Waals surface area contributed by atoms with Crippen LogP contribution in [-0.2, 0) is 19.9 Å². The summed E-state index contributed by atoms with van der Waals surface area (Å²) < 4.78 is 7.05. The van der Waals surface area contributed by atoms with E-state index in [1.165, 1.54) is 17.5 Å². The Morgan fingerprint density at radius 2 is 2.00 bits per heavy atom. The van der Waals surface area contributed by atoms with Gasteiger partial charge in [0.2, 0.25) is 0 Å². The van der Waals surface area contributed by atoms with Gasteiger partial charge in [-0.15, -0.1) is 0 Å². The fraction of sp³-hybridized carbons (Fsp3) is 0.438. The first-order valence-corrected chi connectivity index (χ1v) is 8.00. The lowest BCUT2D eigenvalue weighted by Gasteiger charge is -2.13. The van der Waals surface area contributed by atoms with Crippen LogP contribution in [0.15, 0.2) is 36.7 Å². The van der Waals surface area contributed by atoms with E-state index in [-0.39, 0.29) is 0 Å². The van der Waals surface area contributed by atoms with Gasteiger partial charge < -0.3 is 4.74 Å². The molecule has 2 rings (SSSR count). The highest BCUT2D eigenvalue weighted by Gasteiger charge is 2.09. The van der Waals surface area contributed by atoms with Crippen molar-refractivity contribution in [2.45, 2.75) is 19.3 Å². The lowest BCUT2D eigenvalue weighted by molar-refractivity contribution is 0.414. The summed E-state index contributed by atoms with van der Waals surface area (Å²) in [6, 6.07) is 8.36. The van der Waals surface area contributed by atoms with Gasteiger partial charge in [-0.1, -0.05) is 28.1 Å². The molecule has 20 heavy (non-hydrogen) atoms. The molecule has 1 unspecified atom stereocenters. The third kappa shape index (κ3) is 4.37. The SMILES string of the molecule is COc1ccc(CC(CBr)CCc2cnn(C)c2)cc1. The molecule has 3 nitrogen and oxygen atoms in total. The second-order valence-corrected chi connectivity index (χ2v) is 5.78. The van der Waals surface area contributed by atoms with Gasteiger partial charge in [0.15, 0.2) is 0 Å². The van der Waals surface area contributed by atoms with E-state index in [0.29, 0.717) is 5.92 Å². The van der Waals surface area contributed by atoms with Crippen molar-refractivity contribution < 1.29 is 4.74 Å². The van der Waals surface area contributed by atoms with Crippen molar-refractivity contribution in [2.24, 2.45) is 13.0 Å². The van der Waals surface area contributed by atoms with Crippen LogP contribution in [0.25, 0.3) is 0 Å². The van der Waals surface area contributed by atoms with Crippen molar-refractivity contribution in [1.82, 2.24) is 9.78 Å². The van der Waals surface area contributed by atoms with E-state index in [1.807, 2.05) is 30.1 Å². The highest BCUT2D eigenvalue weighted by molar-refractivity contribution is 9.09. The van der Waals surface area contributed by atoms with Crippen molar-refractivity contribution in [1.29, 1.82) is 0 Å². The van der Waals surface area contributed by atoms with Crippen molar-refractivity contribution >= 4 is 15.9 Å². The summed E-state index contributed by atoms with van der Waals surface area (Å²) in [4.78, 5) is 0. The summed E-state index contributed by atoms with van der Waals surface area (Å²) in [5.74, 6) is 1.56. The third-order valence-electron chi connectivity index (χ3n) is 3.50. The number of halogens is 1. The van der Waals surface area contributed by atoms with Crippen molar-refractivity contribution in [3.05, 3.63) is 47.8 Å². The number of benzene rings is 1. The van der Waals surface area contributed by atoms with Crippen LogP contribution >= 0.6 is 15.9 Å². The molecule has 2 aromatic rings. The molecule has 0 amide bonds. The Morgan fingerprint density at radius 1 is 1.25 bits per heavy atom. The van der Waals surface area contributed by atoms with Crippen LogP contribution in [0.3, 0.4) is 0 Å². The van der Waals surface area contributed by atoms with Gasteiger partial charge in [0.25, 0.3) is 0 Å². The summed E-state index contributed by atoms with van der Waals surface area (Å²) in [7, 11) is 3.66. The Balaban J connectivity index is 1.87. The summed E-state index contributed by atoms with van der Waals surface area (Å²) in [5, 5.41) is 5.24. The van der Waals surface area contributed by atoms with Crippen LogP contribution in [0.4, 0.5) is 0 Å². The molecular weight excluding hydrogens is 316 g/mol. The summed E-state index contributed by atoms with van der Waals surface area (Å²) >= 11 is 3.63. The zero-order valence-electron chi connectivity index (χ0n) is 12.1. The van der Waals surface area contributed by atoms with Gasteiger partial charge in [-0.05, 0) is 48.4 Å². The Bertz CT molecular complexity index is 522. The minimum absolute atomic E-state index is 0.642. The third-order valence-corrected chi connectivity index (χ3v) is 4.42. The van der Waals surface area contributed by atoms with Crippen LogP contribution in [0.1, 0.15) is 17.5 Å². The molecule has 0 aliphatic heterocycles. The number of alkyl halides is 1. The van der Waals surface area contributed by atoms with Gasteiger partial charge >= 0.3 is 0 Å². The smallest absolute Gasteiger partial charge is 0.118 e. The fourth-order valence-electron chi connectivity index (χ4n) is 2.30. The lowest BCUT2D eigenvalue weighted by Crippen LogP contribution is -2.07. The van der Waals surface area contributed by atoms with Gasteiger partial charge in [-0.2, -0.15) is 5.10 Å². The molecule has 0 fully saturated rings.